The first kappa shape index (κ1) is 10.1. The fourth-order valence-electron chi connectivity index (χ4n) is 2.44. The van der Waals surface area contributed by atoms with Crippen molar-refractivity contribution in [1.29, 1.82) is 0 Å². The minimum Gasteiger partial charge on any atom is -0.393 e. The fourth-order valence-corrected chi connectivity index (χ4v) is 2.44. The molecule has 1 saturated heterocycles. The Morgan fingerprint density at radius 3 is 2.86 bits per heavy atom. The van der Waals surface area contributed by atoms with Crippen molar-refractivity contribution in [1.82, 2.24) is 0 Å². The van der Waals surface area contributed by atoms with E-state index in [0.29, 0.717) is 12.8 Å². The number of aldehydes is 1. The van der Waals surface area contributed by atoms with Gasteiger partial charge in [0.15, 0.2) is 5.79 Å². The highest BCUT2D eigenvalue weighted by Gasteiger charge is 2.52. The number of aliphatic hydroxyl groups excluding tert-OH is 1. The third kappa shape index (κ3) is 1.58. The predicted molar refractivity (Wildman–Crippen MR) is 48.6 cm³/mol. The molecule has 4 nitrogen and oxygen atoms in total. The van der Waals surface area contributed by atoms with Gasteiger partial charge in [-0.2, -0.15) is 0 Å². The summed E-state index contributed by atoms with van der Waals surface area (Å²) in [7, 11) is 0. The number of carbonyl (C=O) groups is 1. The zero-order valence-electron chi connectivity index (χ0n) is 8.47. The molecule has 0 aromatic carbocycles. The first-order valence-electron chi connectivity index (χ1n) is 5.01. The lowest BCUT2D eigenvalue weighted by atomic mass is 10.0. The first-order valence-corrected chi connectivity index (χ1v) is 5.01. The summed E-state index contributed by atoms with van der Waals surface area (Å²) >= 11 is 0. The number of fused-ring (bicyclic) bond motifs is 1. The summed E-state index contributed by atoms with van der Waals surface area (Å²) in [6.45, 7) is 3.71. The van der Waals surface area contributed by atoms with Gasteiger partial charge in [-0.3, -0.25) is 0 Å². The Balaban J connectivity index is 2.09. The summed E-state index contributed by atoms with van der Waals surface area (Å²) in [6, 6.07) is 0. The standard InChI is InChI=1S/C10H16O4/c1-10(2)13-8-5-7(12)6(3-4-11)9(8)14-10/h4,6-9,12H,3,5H2,1-2H3/t6-,7+,8+,9-/m0/s1. The molecule has 0 amide bonds. The predicted octanol–water partition coefficient (Wildman–Crippen LogP) is 0.476. The molecule has 2 rings (SSSR count). The Kier molecular flexibility index (Phi) is 2.37. The lowest BCUT2D eigenvalue weighted by Crippen LogP contribution is -2.30. The largest absolute Gasteiger partial charge is 0.393 e. The van der Waals surface area contributed by atoms with E-state index in [4.69, 9.17) is 9.47 Å². The first-order chi connectivity index (χ1) is 6.53. The van der Waals surface area contributed by atoms with Crippen LogP contribution in [0.2, 0.25) is 0 Å². The second-order valence-electron chi connectivity index (χ2n) is 4.51. The summed E-state index contributed by atoms with van der Waals surface area (Å²) in [6.07, 6.45) is 1.13. The summed E-state index contributed by atoms with van der Waals surface area (Å²) in [5.41, 5.74) is 0. The minimum atomic E-state index is -0.573. The van der Waals surface area contributed by atoms with E-state index < -0.39 is 11.9 Å². The van der Waals surface area contributed by atoms with Crippen LogP contribution in [-0.2, 0) is 14.3 Å². The molecule has 0 aromatic heterocycles. The van der Waals surface area contributed by atoms with Gasteiger partial charge >= 0.3 is 0 Å². The molecule has 1 saturated carbocycles. The highest BCUT2D eigenvalue weighted by molar-refractivity contribution is 5.50. The molecule has 0 spiro atoms. The molecule has 0 bridgehead atoms. The molecule has 1 aliphatic heterocycles. The van der Waals surface area contributed by atoms with Crippen LogP contribution >= 0.6 is 0 Å². The van der Waals surface area contributed by atoms with Gasteiger partial charge in [0.25, 0.3) is 0 Å². The lowest BCUT2D eigenvalue weighted by Gasteiger charge is -2.22. The highest BCUT2D eigenvalue weighted by atomic mass is 16.8. The van der Waals surface area contributed by atoms with Gasteiger partial charge in [-0.05, 0) is 13.8 Å². The number of hydrogen-bond donors (Lipinski definition) is 1. The van der Waals surface area contributed by atoms with Gasteiger partial charge in [-0.15, -0.1) is 0 Å². The van der Waals surface area contributed by atoms with Crippen molar-refractivity contribution in [3.05, 3.63) is 0 Å². The van der Waals surface area contributed by atoms with E-state index in [2.05, 4.69) is 0 Å². The van der Waals surface area contributed by atoms with Crippen LogP contribution in [0.4, 0.5) is 0 Å². The molecule has 0 radical (unpaired) electrons. The molecular weight excluding hydrogens is 184 g/mol. The number of hydrogen-bond acceptors (Lipinski definition) is 4. The van der Waals surface area contributed by atoms with Gasteiger partial charge in [0.1, 0.15) is 6.29 Å². The molecule has 1 N–H and O–H groups in total. The summed E-state index contributed by atoms with van der Waals surface area (Å²) in [5, 5.41) is 9.68. The van der Waals surface area contributed by atoms with Gasteiger partial charge in [-0.25, -0.2) is 0 Å². The van der Waals surface area contributed by atoms with Gasteiger partial charge in [0, 0.05) is 18.8 Å². The van der Waals surface area contributed by atoms with Crippen LogP contribution in [0.15, 0.2) is 0 Å². The molecule has 14 heavy (non-hydrogen) atoms. The van der Waals surface area contributed by atoms with Crippen LogP contribution in [0, 0.1) is 5.92 Å². The van der Waals surface area contributed by atoms with Crippen molar-refractivity contribution in [2.75, 3.05) is 0 Å². The molecule has 2 aliphatic rings. The summed E-state index contributed by atoms with van der Waals surface area (Å²) in [5.74, 6) is -0.671. The van der Waals surface area contributed by atoms with Crippen LogP contribution in [0.5, 0.6) is 0 Å². The zero-order valence-corrected chi connectivity index (χ0v) is 8.47. The minimum absolute atomic E-state index is 0.0510. The second-order valence-corrected chi connectivity index (χ2v) is 4.51. The fraction of sp³-hybridized carbons (Fsp3) is 0.900. The van der Waals surface area contributed by atoms with E-state index in [0.717, 1.165) is 6.29 Å². The van der Waals surface area contributed by atoms with Gasteiger partial charge < -0.3 is 19.4 Å². The van der Waals surface area contributed by atoms with Crippen LogP contribution in [0.1, 0.15) is 26.7 Å². The van der Waals surface area contributed by atoms with Gasteiger partial charge in [0.05, 0.1) is 18.3 Å². The third-order valence-corrected chi connectivity index (χ3v) is 2.98. The zero-order chi connectivity index (χ0) is 10.3. The van der Waals surface area contributed by atoms with Crippen molar-refractivity contribution in [2.24, 2.45) is 5.92 Å². The molecule has 1 aliphatic carbocycles. The van der Waals surface area contributed by atoms with Crippen LogP contribution in [0.25, 0.3) is 0 Å². The Morgan fingerprint density at radius 1 is 1.50 bits per heavy atom. The van der Waals surface area contributed by atoms with Crippen molar-refractivity contribution >= 4 is 6.29 Å². The van der Waals surface area contributed by atoms with Crippen molar-refractivity contribution in [2.45, 2.75) is 50.8 Å². The van der Waals surface area contributed by atoms with E-state index in [-0.39, 0.29) is 18.1 Å². The number of rotatable bonds is 2. The van der Waals surface area contributed by atoms with Crippen LogP contribution in [-0.4, -0.2) is 35.5 Å². The smallest absolute Gasteiger partial charge is 0.163 e. The Hall–Kier alpha value is -0.450. The number of carbonyl (C=O) groups excluding carboxylic acids is 1. The normalized spacial score (nSPS) is 45.1. The molecular formula is C10H16O4. The van der Waals surface area contributed by atoms with E-state index in [1.54, 1.807) is 0 Å². The van der Waals surface area contributed by atoms with Crippen LogP contribution in [0.3, 0.4) is 0 Å². The average molecular weight is 200 g/mol. The van der Waals surface area contributed by atoms with Gasteiger partial charge in [-0.1, -0.05) is 0 Å². The maximum atomic E-state index is 10.4. The Morgan fingerprint density at radius 2 is 2.21 bits per heavy atom. The number of ether oxygens (including phenoxy) is 2. The molecule has 0 unspecified atom stereocenters. The molecule has 4 heteroatoms. The quantitative estimate of drug-likeness (QED) is 0.658. The summed E-state index contributed by atoms with van der Waals surface area (Å²) in [4.78, 5) is 10.4. The SMILES string of the molecule is CC1(C)O[C@H]2[C@@H](CC=O)[C@H](O)C[C@H]2O1. The molecule has 0 aromatic rings. The Labute approximate surface area is 83.2 Å². The average Bonchev–Trinajstić information content (AvgIpc) is 2.47. The third-order valence-electron chi connectivity index (χ3n) is 2.98. The van der Waals surface area contributed by atoms with E-state index in [9.17, 15) is 9.90 Å². The van der Waals surface area contributed by atoms with Crippen molar-refractivity contribution in [3.63, 3.8) is 0 Å². The molecule has 4 atom stereocenters. The van der Waals surface area contributed by atoms with E-state index in [1.807, 2.05) is 13.8 Å². The van der Waals surface area contributed by atoms with Gasteiger partial charge in [0.2, 0.25) is 0 Å². The number of aliphatic hydroxyl groups is 1. The van der Waals surface area contributed by atoms with E-state index >= 15 is 0 Å². The van der Waals surface area contributed by atoms with Crippen molar-refractivity contribution < 1.29 is 19.4 Å². The maximum absolute atomic E-state index is 10.4. The highest BCUT2D eigenvalue weighted by Crippen LogP contribution is 2.42. The monoisotopic (exact) mass is 200 g/mol. The summed E-state index contributed by atoms with van der Waals surface area (Å²) < 4.78 is 11.3. The maximum Gasteiger partial charge on any atom is 0.163 e. The van der Waals surface area contributed by atoms with Crippen molar-refractivity contribution in [3.8, 4) is 0 Å². The molecule has 2 fully saturated rings. The lowest BCUT2D eigenvalue weighted by molar-refractivity contribution is -0.165. The van der Waals surface area contributed by atoms with Crippen LogP contribution < -0.4 is 0 Å². The second kappa shape index (κ2) is 3.29. The molecule has 1 heterocycles. The topological polar surface area (TPSA) is 55.8 Å². The van der Waals surface area contributed by atoms with E-state index in [1.165, 1.54) is 0 Å². The molecule has 80 valence electrons. The Bertz CT molecular complexity index is 238.